The van der Waals surface area contributed by atoms with E-state index in [0.29, 0.717) is 6.54 Å². The molecule has 5 heteroatoms. The highest BCUT2D eigenvalue weighted by atomic mass is 16.6. The van der Waals surface area contributed by atoms with Crippen LogP contribution in [0.3, 0.4) is 0 Å². The molecular formula is C24H33N3O2. The Bertz CT molecular complexity index is 759. The van der Waals surface area contributed by atoms with Gasteiger partial charge in [0.25, 0.3) is 0 Å². The van der Waals surface area contributed by atoms with Crippen molar-refractivity contribution < 1.29 is 9.53 Å². The summed E-state index contributed by atoms with van der Waals surface area (Å²) >= 11 is 0. The summed E-state index contributed by atoms with van der Waals surface area (Å²) in [5.41, 5.74) is 2.13. The van der Waals surface area contributed by atoms with E-state index in [1.807, 2.05) is 26.8 Å². The molecular weight excluding hydrogens is 362 g/mol. The van der Waals surface area contributed by atoms with Crippen molar-refractivity contribution in [3.05, 3.63) is 71.8 Å². The predicted octanol–water partition coefficient (Wildman–Crippen LogP) is 3.90. The summed E-state index contributed by atoms with van der Waals surface area (Å²) in [6, 6.07) is 21.3. The first kappa shape index (κ1) is 21.3. The number of nitrogens with one attached hydrogen (secondary N) is 1. The lowest BCUT2D eigenvalue weighted by atomic mass is 10.1. The molecule has 1 heterocycles. The van der Waals surface area contributed by atoms with Crippen molar-refractivity contribution in [3.63, 3.8) is 0 Å². The largest absolute Gasteiger partial charge is 0.444 e. The number of benzene rings is 2. The molecule has 5 nitrogen and oxygen atoms in total. The van der Waals surface area contributed by atoms with Gasteiger partial charge in [-0.25, -0.2) is 4.79 Å². The van der Waals surface area contributed by atoms with E-state index >= 15 is 0 Å². The zero-order valence-electron chi connectivity index (χ0n) is 17.8. The number of ether oxygens (including phenoxy) is 1. The summed E-state index contributed by atoms with van der Waals surface area (Å²) in [5, 5.41) is 2.98. The van der Waals surface area contributed by atoms with Gasteiger partial charge in [0.1, 0.15) is 5.60 Å². The summed E-state index contributed by atoms with van der Waals surface area (Å²) < 4.78 is 5.42. The third-order valence-corrected chi connectivity index (χ3v) is 5.05. The SMILES string of the molecule is CC(C)(C)OC(=O)NCC1CN(Cc2ccccc2)CCN1Cc1ccccc1. The lowest BCUT2D eigenvalue weighted by molar-refractivity contribution is 0.0414. The Morgan fingerprint density at radius 3 is 2.14 bits per heavy atom. The highest BCUT2D eigenvalue weighted by Crippen LogP contribution is 2.16. The molecule has 2 aromatic carbocycles. The zero-order valence-corrected chi connectivity index (χ0v) is 17.8. The summed E-state index contributed by atoms with van der Waals surface area (Å²) in [5.74, 6) is 0. The van der Waals surface area contributed by atoms with Crippen LogP contribution in [-0.2, 0) is 17.8 Å². The molecule has 3 rings (SSSR count). The first-order valence-electron chi connectivity index (χ1n) is 10.4. The summed E-state index contributed by atoms with van der Waals surface area (Å²) in [6.07, 6.45) is -0.350. The molecule has 29 heavy (non-hydrogen) atoms. The number of piperazine rings is 1. The maximum atomic E-state index is 12.2. The minimum Gasteiger partial charge on any atom is -0.444 e. The van der Waals surface area contributed by atoms with Gasteiger partial charge in [0, 0.05) is 45.3 Å². The molecule has 0 radical (unpaired) electrons. The van der Waals surface area contributed by atoms with Gasteiger partial charge in [0.05, 0.1) is 0 Å². The first-order valence-corrected chi connectivity index (χ1v) is 10.4. The van der Waals surface area contributed by atoms with Gasteiger partial charge in [-0.2, -0.15) is 0 Å². The topological polar surface area (TPSA) is 44.8 Å². The van der Waals surface area contributed by atoms with Crippen molar-refractivity contribution in [2.75, 3.05) is 26.2 Å². The van der Waals surface area contributed by atoms with Crippen LogP contribution in [0.2, 0.25) is 0 Å². The lowest BCUT2D eigenvalue weighted by Gasteiger charge is -2.41. The minimum atomic E-state index is -0.486. The number of amides is 1. The molecule has 1 aliphatic heterocycles. The van der Waals surface area contributed by atoms with E-state index in [0.717, 1.165) is 32.7 Å². The number of nitrogens with zero attached hydrogens (tertiary/aromatic N) is 2. The van der Waals surface area contributed by atoms with Crippen molar-refractivity contribution in [1.29, 1.82) is 0 Å². The van der Waals surface area contributed by atoms with Crippen molar-refractivity contribution in [2.45, 2.75) is 45.5 Å². The Balaban J connectivity index is 1.63. The Hall–Kier alpha value is -2.37. The molecule has 1 aliphatic rings. The summed E-state index contributed by atoms with van der Waals surface area (Å²) in [7, 11) is 0. The second-order valence-corrected chi connectivity index (χ2v) is 8.71. The average Bonchev–Trinajstić information content (AvgIpc) is 2.68. The molecule has 1 unspecified atom stereocenters. The molecule has 1 saturated heterocycles. The van der Waals surface area contributed by atoms with E-state index in [9.17, 15) is 4.79 Å². The predicted molar refractivity (Wildman–Crippen MR) is 117 cm³/mol. The van der Waals surface area contributed by atoms with Crippen LogP contribution in [-0.4, -0.2) is 53.7 Å². The molecule has 0 bridgehead atoms. The minimum absolute atomic E-state index is 0.236. The molecule has 0 aromatic heterocycles. The number of hydrogen-bond donors (Lipinski definition) is 1. The Kier molecular flexibility index (Phi) is 7.29. The van der Waals surface area contributed by atoms with E-state index in [4.69, 9.17) is 4.74 Å². The van der Waals surface area contributed by atoms with Gasteiger partial charge in [-0.1, -0.05) is 60.7 Å². The van der Waals surface area contributed by atoms with Gasteiger partial charge in [-0.15, -0.1) is 0 Å². The van der Waals surface area contributed by atoms with Crippen molar-refractivity contribution in [1.82, 2.24) is 15.1 Å². The molecule has 1 fully saturated rings. The molecule has 1 N–H and O–H groups in total. The molecule has 1 amide bonds. The second kappa shape index (κ2) is 9.90. The summed E-state index contributed by atoms with van der Waals surface area (Å²) in [6.45, 7) is 11.0. The molecule has 1 atom stereocenters. The van der Waals surface area contributed by atoms with Crippen LogP contribution < -0.4 is 5.32 Å². The normalized spacial score (nSPS) is 18.4. The maximum Gasteiger partial charge on any atom is 0.407 e. The molecule has 0 spiro atoms. The van der Waals surface area contributed by atoms with Crippen LogP contribution in [0.4, 0.5) is 4.79 Å². The van der Waals surface area contributed by atoms with E-state index in [1.54, 1.807) is 0 Å². The van der Waals surface area contributed by atoms with E-state index in [1.165, 1.54) is 11.1 Å². The van der Waals surface area contributed by atoms with Gasteiger partial charge in [-0.3, -0.25) is 9.80 Å². The fraction of sp³-hybridized carbons (Fsp3) is 0.458. The Morgan fingerprint density at radius 2 is 1.55 bits per heavy atom. The van der Waals surface area contributed by atoms with Gasteiger partial charge in [0.2, 0.25) is 0 Å². The van der Waals surface area contributed by atoms with Crippen molar-refractivity contribution >= 4 is 6.09 Å². The number of alkyl carbamates (subject to hydrolysis) is 1. The third-order valence-electron chi connectivity index (χ3n) is 5.05. The highest BCUT2D eigenvalue weighted by molar-refractivity contribution is 5.67. The van der Waals surface area contributed by atoms with E-state index in [2.05, 4.69) is 69.7 Å². The average molecular weight is 396 g/mol. The smallest absolute Gasteiger partial charge is 0.407 e. The molecule has 0 saturated carbocycles. The van der Waals surface area contributed by atoms with E-state index < -0.39 is 5.60 Å². The van der Waals surface area contributed by atoms with Crippen LogP contribution in [0.15, 0.2) is 60.7 Å². The summed E-state index contributed by atoms with van der Waals surface area (Å²) in [4.78, 5) is 17.1. The van der Waals surface area contributed by atoms with Crippen LogP contribution in [0.5, 0.6) is 0 Å². The maximum absolute atomic E-state index is 12.2. The number of carbonyl (C=O) groups is 1. The van der Waals surface area contributed by atoms with Crippen LogP contribution in [0.25, 0.3) is 0 Å². The lowest BCUT2D eigenvalue weighted by Crippen LogP contribution is -2.56. The fourth-order valence-corrected chi connectivity index (χ4v) is 3.68. The van der Waals surface area contributed by atoms with E-state index in [-0.39, 0.29) is 12.1 Å². The van der Waals surface area contributed by atoms with Gasteiger partial charge in [0.15, 0.2) is 0 Å². The van der Waals surface area contributed by atoms with Gasteiger partial charge in [-0.05, 0) is 31.9 Å². The highest BCUT2D eigenvalue weighted by Gasteiger charge is 2.28. The number of rotatable bonds is 6. The fourth-order valence-electron chi connectivity index (χ4n) is 3.68. The Morgan fingerprint density at radius 1 is 0.966 bits per heavy atom. The zero-order chi connectivity index (χ0) is 20.7. The van der Waals surface area contributed by atoms with Crippen molar-refractivity contribution in [2.24, 2.45) is 0 Å². The van der Waals surface area contributed by atoms with Gasteiger partial charge < -0.3 is 10.1 Å². The number of carbonyl (C=O) groups excluding carboxylic acids is 1. The first-order chi connectivity index (χ1) is 13.9. The monoisotopic (exact) mass is 395 g/mol. The quantitative estimate of drug-likeness (QED) is 0.806. The second-order valence-electron chi connectivity index (χ2n) is 8.71. The Labute approximate surface area is 174 Å². The third kappa shape index (κ3) is 7.18. The van der Waals surface area contributed by atoms with Gasteiger partial charge >= 0.3 is 6.09 Å². The molecule has 2 aromatic rings. The van der Waals surface area contributed by atoms with Crippen LogP contribution >= 0.6 is 0 Å². The number of hydrogen-bond acceptors (Lipinski definition) is 4. The van der Waals surface area contributed by atoms with Crippen LogP contribution in [0, 0.1) is 0 Å². The molecule has 156 valence electrons. The van der Waals surface area contributed by atoms with Crippen LogP contribution in [0.1, 0.15) is 31.9 Å². The molecule has 0 aliphatic carbocycles. The van der Waals surface area contributed by atoms with Crippen molar-refractivity contribution in [3.8, 4) is 0 Å². The standard InChI is InChI=1S/C24H33N3O2/c1-24(2,3)29-23(28)25-16-22-19-26(17-20-10-6-4-7-11-20)14-15-27(22)18-21-12-8-5-9-13-21/h4-13,22H,14-19H2,1-3H3,(H,25,28).